The number of rotatable bonds is 3. The molecule has 5 nitrogen and oxygen atoms in total. The lowest BCUT2D eigenvalue weighted by Gasteiger charge is -2.50. The van der Waals surface area contributed by atoms with Crippen molar-refractivity contribution in [2.45, 2.75) is 38.8 Å². The molecule has 0 bridgehead atoms. The van der Waals surface area contributed by atoms with Gasteiger partial charge in [-0.1, -0.05) is 11.6 Å². The number of fused-ring (bicyclic) bond motifs is 1. The Morgan fingerprint density at radius 3 is 2.74 bits per heavy atom. The highest BCUT2D eigenvalue weighted by Crippen LogP contribution is 2.38. The molecule has 8 heteroatoms. The van der Waals surface area contributed by atoms with Gasteiger partial charge in [0.2, 0.25) is 0 Å². The summed E-state index contributed by atoms with van der Waals surface area (Å²) < 4.78 is 1.74. The second kappa shape index (κ2) is 8.37. The molecule has 0 aliphatic carbocycles. The van der Waals surface area contributed by atoms with Crippen molar-refractivity contribution in [3.05, 3.63) is 16.4 Å². The van der Waals surface area contributed by atoms with Crippen LogP contribution in [0.15, 0.2) is 0 Å². The number of nitrogens with one attached hydrogen (secondary N) is 1. The Morgan fingerprint density at radius 2 is 2.13 bits per heavy atom. The van der Waals surface area contributed by atoms with Crippen molar-refractivity contribution in [3.63, 3.8) is 0 Å². The third kappa shape index (κ3) is 3.97. The summed E-state index contributed by atoms with van der Waals surface area (Å²) in [5.41, 5.74) is 2.23. The lowest BCUT2D eigenvalue weighted by Crippen LogP contribution is -2.61. The first-order chi connectivity index (χ1) is 10.1. The minimum Gasteiger partial charge on any atom is -0.396 e. The summed E-state index contributed by atoms with van der Waals surface area (Å²) in [4.78, 5) is 2.44. The zero-order valence-corrected chi connectivity index (χ0v) is 16.1. The molecule has 0 amide bonds. The SMILES string of the molecule is Cc1nn(C)c(Cl)c1CN1CC[C@@]2(CO)CCCN[C@@H]2C1.Cl.Cl. The van der Waals surface area contributed by atoms with Crippen molar-refractivity contribution in [3.8, 4) is 0 Å². The van der Waals surface area contributed by atoms with E-state index in [1.165, 1.54) is 6.42 Å². The van der Waals surface area contributed by atoms with Crippen molar-refractivity contribution in [1.82, 2.24) is 20.0 Å². The quantitative estimate of drug-likeness (QED) is 0.837. The minimum atomic E-state index is 0. The fourth-order valence-electron chi connectivity index (χ4n) is 3.88. The molecular weight excluding hydrogens is 359 g/mol. The zero-order valence-electron chi connectivity index (χ0n) is 13.7. The van der Waals surface area contributed by atoms with Gasteiger partial charge in [-0.2, -0.15) is 5.10 Å². The van der Waals surface area contributed by atoms with E-state index in [9.17, 15) is 5.11 Å². The third-order valence-electron chi connectivity index (χ3n) is 5.31. The molecule has 0 saturated carbocycles. The van der Waals surface area contributed by atoms with E-state index < -0.39 is 0 Å². The Balaban J connectivity index is 0.00000132. The van der Waals surface area contributed by atoms with Crippen LogP contribution in [-0.2, 0) is 13.6 Å². The highest BCUT2D eigenvalue weighted by molar-refractivity contribution is 6.30. The molecule has 2 fully saturated rings. The van der Waals surface area contributed by atoms with Crippen LogP contribution in [0.25, 0.3) is 0 Å². The van der Waals surface area contributed by atoms with Crippen molar-refractivity contribution in [2.75, 3.05) is 26.2 Å². The van der Waals surface area contributed by atoms with Crippen molar-refractivity contribution < 1.29 is 5.11 Å². The number of halogens is 3. The molecule has 0 unspecified atom stereocenters. The zero-order chi connectivity index (χ0) is 15.0. The van der Waals surface area contributed by atoms with Gasteiger partial charge in [-0.15, -0.1) is 24.8 Å². The van der Waals surface area contributed by atoms with Gasteiger partial charge < -0.3 is 10.4 Å². The maximum atomic E-state index is 9.85. The van der Waals surface area contributed by atoms with E-state index >= 15 is 0 Å². The summed E-state index contributed by atoms with van der Waals surface area (Å²) in [5, 5.41) is 18.6. The monoisotopic (exact) mass is 384 g/mol. The van der Waals surface area contributed by atoms with Gasteiger partial charge in [-0.3, -0.25) is 9.58 Å². The number of aliphatic hydroxyl groups is 1. The maximum absolute atomic E-state index is 9.85. The fourth-order valence-corrected chi connectivity index (χ4v) is 4.12. The number of aryl methyl sites for hydroxylation is 2. The first kappa shape index (κ1) is 21.0. The molecule has 3 rings (SSSR count). The standard InChI is InChI=1S/C15H25ClN4O.2ClH/c1-11-12(14(16)19(2)18-11)8-20-7-5-15(10-21)4-3-6-17-13(15)9-20;;/h13,17,21H,3-10H2,1-2H3;2*1H/t13-,15-;;/m1../s1. The maximum Gasteiger partial charge on any atom is 0.131 e. The van der Waals surface area contributed by atoms with Crippen LogP contribution >= 0.6 is 36.4 Å². The predicted octanol–water partition coefficient (Wildman–Crippen LogP) is 2.16. The van der Waals surface area contributed by atoms with E-state index in [0.29, 0.717) is 12.6 Å². The summed E-state index contributed by atoms with van der Waals surface area (Å²) in [5.74, 6) is 0. The fraction of sp³-hybridized carbons (Fsp3) is 0.800. The van der Waals surface area contributed by atoms with Crippen LogP contribution in [0.2, 0.25) is 5.15 Å². The van der Waals surface area contributed by atoms with Crippen LogP contribution in [0.3, 0.4) is 0 Å². The van der Waals surface area contributed by atoms with Gasteiger partial charge in [0.25, 0.3) is 0 Å². The second-order valence-corrected chi connectivity index (χ2v) is 6.95. The first-order valence-corrected chi connectivity index (χ1v) is 8.18. The van der Waals surface area contributed by atoms with E-state index in [4.69, 9.17) is 11.6 Å². The predicted molar refractivity (Wildman–Crippen MR) is 97.9 cm³/mol. The average molecular weight is 386 g/mol. The summed E-state index contributed by atoms with van der Waals surface area (Å²) >= 11 is 6.34. The lowest BCUT2D eigenvalue weighted by atomic mass is 9.70. The van der Waals surface area contributed by atoms with Crippen LogP contribution in [0.5, 0.6) is 0 Å². The van der Waals surface area contributed by atoms with Crippen LogP contribution in [0.4, 0.5) is 0 Å². The van der Waals surface area contributed by atoms with Gasteiger partial charge in [0, 0.05) is 37.2 Å². The molecule has 1 aromatic heterocycles. The molecule has 2 aliphatic heterocycles. The molecule has 2 saturated heterocycles. The molecule has 1 aromatic rings. The molecular formula is C15H27Cl3N4O. The second-order valence-electron chi connectivity index (χ2n) is 6.59. The van der Waals surface area contributed by atoms with Gasteiger partial charge >= 0.3 is 0 Å². The molecule has 2 atom stereocenters. The largest absolute Gasteiger partial charge is 0.396 e. The van der Waals surface area contributed by atoms with Gasteiger partial charge in [-0.25, -0.2) is 0 Å². The van der Waals surface area contributed by atoms with E-state index in [0.717, 1.165) is 55.4 Å². The molecule has 0 radical (unpaired) electrons. The van der Waals surface area contributed by atoms with E-state index in [1.807, 2.05) is 14.0 Å². The number of hydrogen-bond acceptors (Lipinski definition) is 4. The van der Waals surface area contributed by atoms with Gasteiger partial charge in [0.15, 0.2) is 0 Å². The number of aromatic nitrogens is 2. The Labute approximate surface area is 155 Å². The number of piperidine rings is 2. The number of hydrogen-bond donors (Lipinski definition) is 2. The number of aliphatic hydroxyl groups excluding tert-OH is 1. The smallest absolute Gasteiger partial charge is 0.131 e. The molecule has 2 aliphatic rings. The number of nitrogens with zero attached hydrogens (tertiary/aromatic N) is 3. The highest BCUT2D eigenvalue weighted by Gasteiger charge is 2.43. The molecule has 3 heterocycles. The van der Waals surface area contributed by atoms with E-state index in [-0.39, 0.29) is 30.2 Å². The van der Waals surface area contributed by atoms with Gasteiger partial charge in [-0.05, 0) is 39.3 Å². The minimum absolute atomic E-state index is 0. The van der Waals surface area contributed by atoms with Crippen LogP contribution in [-0.4, -0.2) is 52.1 Å². The van der Waals surface area contributed by atoms with Gasteiger partial charge in [0.1, 0.15) is 5.15 Å². The Kier molecular flexibility index (Phi) is 7.64. The van der Waals surface area contributed by atoms with Crippen LogP contribution in [0, 0.1) is 12.3 Å². The van der Waals surface area contributed by atoms with E-state index in [2.05, 4.69) is 15.3 Å². The summed E-state index contributed by atoms with van der Waals surface area (Å²) in [6.07, 6.45) is 3.37. The number of likely N-dealkylation sites (tertiary alicyclic amines) is 1. The summed E-state index contributed by atoms with van der Waals surface area (Å²) in [6.45, 7) is 6.22. The van der Waals surface area contributed by atoms with Crippen LogP contribution in [0.1, 0.15) is 30.5 Å². The third-order valence-corrected chi connectivity index (χ3v) is 5.79. The molecule has 0 aromatic carbocycles. The van der Waals surface area contributed by atoms with Crippen molar-refractivity contribution in [2.24, 2.45) is 12.5 Å². The normalized spacial score (nSPS) is 27.7. The first-order valence-electron chi connectivity index (χ1n) is 7.80. The van der Waals surface area contributed by atoms with E-state index in [1.54, 1.807) is 4.68 Å². The molecule has 134 valence electrons. The Bertz CT molecular complexity index is 525. The van der Waals surface area contributed by atoms with Crippen molar-refractivity contribution >= 4 is 36.4 Å². The van der Waals surface area contributed by atoms with Crippen LogP contribution < -0.4 is 5.32 Å². The average Bonchev–Trinajstić information content (AvgIpc) is 2.73. The molecule has 2 N–H and O–H groups in total. The molecule has 23 heavy (non-hydrogen) atoms. The van der Waals surface area contributed by atoms with Crippen molar-refractivity contribution in [1.29, 1.82) is 0 Å². The summed E-state index contributed by atoms with van der Waals surface area (Å²) in [7, 11) is 1.88. The Hall–Kier alpha value is -0.0400. The Morgan fingerprint density at radius 1 is 1.39 bits per heavy atom. The van der Waals surface area contributed by atoms with Gasteiger partial charge in [0.05, 0.1) is 12.3 Å². The lowest BCUT2D eigenvalue weighted by molar-refractivity contribution is -0.0151. The summed E-state index contributed by atoms with van der Waals surface area (Å²) in [6, 6.07) is 0.390. The highest BCUT2D eigenvalue weighted by atomic mass is 35.5. The molecule has 0 spiro atoms. The topological polar surface area (TPSA) is 53.3 Å².